The molecule has 8 nitrogen and oxygen atoms in total. The van der Waals surface area contributed by atoms with Crippen molar-refractivity contribution in [1.29, 1.82) is 0 Å². The first-order valence-corrected chi connectivity index (χ1v) is 9.96. The van der Waals surface area contributed by atoms with Gasteiger partial charge in [0.1, 0.15) is 0 Å². The van der Waals surface area contributed by atoms with E-state index < -0.39 is 39.2 Å². The minimum absolute atomic E-state index is 0.304. The van der Waals surface area contributed by atoms with E-state index in [0.29, 0.717) is 32.5 Å². The average molecular weight is 332 g/mol. The molecule has 120 valence electrons. The van der Waals surface area contributed by atoms with Crippen molar-refractivity contribution in [2.75, 3.05) is 25.5 Å². The molecule has 1 fully saturated rings. The van der Waals surface area contributed by atoms with E-state index in [1.54, 1.807) is 6.92 Å². The van der Waals surface area contributed by atoms with Gasteiger partial charge >= 0.3 is 15.2 Å². The molecule has 1 saturated heterocycles. The highest BCUT2D eigenvalue weighted by atomic mass is 31.2. The first-order valence-electron chi connectivity index (χ1n) is 6.36. The van der Waals surface area contributed by atoms with Crippen molar-refractivity contribution in [2.45, 2.75) is 32.0 Å². The van der Waals surface area contributed by atoms with Crippen LogP contribution in [0.2, 0.25) is 0 Å². The summed E-state index contributed by atoms with van der Waals surface area (Å²) in [6.07, 6.45) is 0.304. The lowest BCUT2D eigenvalue weighted by atomic mass is 10.0. The summed E-state index contributed by atoms with van der Waals surface area (Å²) in [5, 5.41) is 0. The van der Waals surface area contributed by atoms with Crippen LogP contribution in [0.25, 0.3) is 0 Å². The molecule has 0 atom stereocenters. The normalized spacial score (nSPS) is 19.7. The van der Waals surface area contributed by atoms with Crippen LogP contribution in [0.1, 0.15) is 26.2 Å². The molecule has 0 aromatic heterocycles. The fourth-order valence-corrected chi connectivity index (χ4v) is 4.50. The molecule has 4 N–H and O–H groups in total. The standard InChI is InChI=1S/C10H22O8P2/c1-10(17-5-6-18-10)4-2-3-9(7-19(11,12)13)8-20(14,15)16/h9H,2-8H2,1H3,(H2,11,12,13)(H2,14,15,16). The van der Waals surface area contributed by atoms with Crippen LogP contribution in [0.5, 0.6) is 0 Å². The van der Waals surface area contributed by atoms with Crippen LogP contribution in [0.3, 0.4) is 0 Å². The zero-order valence-corrected chi connectivity index (χ0v) is 13.1. The number of rotatable bonds is 8. The van der Waals surface area contributed by atoms with E-state index in [0.717, 1.165) is 0 Å². The third-order valence-corrected chi connectivity index (χ3v) is 5.12. The van der Waals surface area contributed by atoms with Crippen LogP contribution < -0.4 is 0 Å². The molecule has 10 heteroatoms. The molecule has 1 aliphatic heterocycles. The van der Waals surface area contributed by atoms with Gasteiger partial charge in [-0.1, -0.05) is 0 Å². The van der Waals surface area contributed by atoms with Crippen molar-refractivity contribution in [1.82, 2.24) is 0 Å². The first-order chi connectivity index (χ1) is 8.99. The van der Waals surface area contributed by atoms with Gasteiger partial charge < -0.3 is 29.0 Å². The Balaban J connectivity index is 2.47. The molecule has 1 aliphatic rings. The van der Waals surface area contributed by atoms with E-state index in [2.05, 4.69) is 0 Å². The lowest BCUT2D eigenvalue weighted by molar-refractivity contribution is -0.147. The van der Waals surface area contributed by atoms with Gasteiger partial charge in [0.25, 0.3) is 0 Å². The predicted molar refractivity (Wildman–Crippen MR) is 71.5 cm³/mol. The molecule has 0 spiro atoms. The molecule has 0 bridgehead atoms. The molecule has 0 amide bonds. The van der Waals surface area contributed by atoms with Gasteiger partial charge in [-0.15, -0.1) is 0 Å². The van der Waals surface area contributed by atoms with E-state index >= 15 is 0 Å². The van der Waals surface area contributed by atoms with Crippen LogP contribution in [0.15, 0.2) is 0 Å². The summed E-state index contributed by atoms with van der Waals surface area (Å²) >= 11 is 0. The van der Waals surface area contributed by atoms with Crippen molar-refractivity contribution >= 4 is 15.2 Å². The highest BCUT2D eigenvalue weighted by Crippen LogP contribution is 2.45. The Morgan fingerprint density at radius 1 is 1.05 bits per heavy atom. The zero-order valence-electron chi connectivity index (χ0n) is 11.3. The van der Waals surface area contributed by atoms with E-state index in [4.69, 9.17) is 29.0 Å². The van der Waals surface area contributed by atoms with Crippen LogP contribution in [0, 0.1) is 5.92 Å². The quantitative estimate of drug-likeness (QED) is 0.482. The summed E-state index contributed by atoms with van der Waals surface area (Å²) < 4.78 is 32.8. The average Bonchev–Trinajstić information content (AvgIpc) is 2.60. The van der Waals surface area contributed by atoms with Gasteiger partial charge in [0.15, 0.2) is 5.79 Å². The molecule has 0 radical (unpaired) electrons. The van der Waals surface area contributed by atoms with Crippen LogP contribution >= 0.6 is 15.2 Å². The number of ether oxygens (including phenoxy) is 2. The van der Waals surface area contributed by atoms with Crippen molar-refractivity contribution in [3.8, 4) is 0 Å². The molecule has 0 aromatic carbocycles. The smallest absolute Gasteiger partial charge is 0.325 e. The molecule has 1 heterocycles. The summed E-state index contributed by atoms with van der Waals surface area (Å²) in [7, 11) is -8.59. The third kappa shape index (κ3) is 7.86. The molecule has 0 aliphatic carbocycles. The SMILES string of the molecule is CC1(CCCC(CP(=O)(O)O)CP(=O)(O)O)OCCO1. The number of hydrogen-bond donors (Lipinski definition) is 4. The Morgan fingerprint density at radius 2 is 1.50 bits per heavy atom. The Hall–Kier alpha value is 0.220. The van der Waals surface area contributed by atoms with E-state index in [9.17, 15) is 9.13 Å². The minimum Gasteiger partial charge on any atom is -0.348 e. The fourth-order valence-electron chi connectivity index (χ4n) is 2.33. The molecule has 0 aromatic rings. The summed E-state index contributed by atoms with van der Waals surface area (Å²) in [6, 6.07) is 0. The monoisotopic (exact) mass is 332 g/mol. The van der Waals surface area contributed by atoms with Crippen molar-refractivity contribution < 1.29 is 38.2 Å². The van der Waals surface area contributed by atoms with Crippen molar-refractivity contribution in [2.24, 2.45) is 5.92 Å². The maximum Gasteiger partial charge on any atom is 0.325 e. The van der Waals surface area contributed by atoms with Gasteiger partial charge in [0.2, 0.25) is 0 Å². The lowest BCUT2D eigenvalue weighted by Crippen LogP contribution is -2.25. The van der Waals surface area contributed by atoms with Gasteiger partial charge in [-0.3, -0.25) is 9.13 Å². The molecule has 0 saturated carbocycles. The molecule has 0 unspecified atom stereocenters. The Labute approximate surface area is 117 Å². The lowest BCUT2D eigenvalue weighted by Gasteiger charge is -2.24. The van der Waals surface area contributed by atoms with Gasteiger partial charge in [0.05, 0.1) is 25.5 Å². The maximum atomic E-state index is 11.0. The summed E-state index contributed by atoms with van der Waals surface area (Å²) in [4.78, 5) is 35.8. The first kappa shape index (κ1) is 18.3. The second kappa shape index (κ2) is 6.99. The molecular weight excluding hydrogens is 310 g/mol. The van der Waals surface area contributed by atoms with E-state index in [1.165, 1.54) is 0 Å². The Morgan fingerprint density at radius 3 is 1.90 bits per heavy atom. The minimum atomic E-state index is -4.30. The van der Waals surface area contributed by atoms with Gasteiger partial charge in [-0.2, -0.15) is 0 Å². The second-order valence-electron chi connectivity index (χ2n) is 5.28. The molecule has 20 heavy (non-hydrogen) atoms. The topological polar surface area (TPSA) is 134 Å². The van der Waals surface area contributed by atoms with E-state index in [-0.39, 0.29) is 0 Å². The van der Waals surface area contributed by atoms with E-state index in [1.807, 2.05) is 0 Å². The summed E-state index contributed by atoms with van der Waals surface area (Å²) in [5.41, 5.74) is 0. The van der Waals surface area contributed by atoms with Crippen LogP contribution in [-0.2, 0) is 18.6 Å². The Kier molecular flexibility index (Phi) is 6.38. The van der Waals surface area contributed by atoms with Crippen molar-refractivity contribution in [3.63, 3.8) is 0 Å². The largest absolute Gasteiger partial charge is 0.348 e. The summed E-state index contributed by atoms with van der Waals surface area (Å²) in [6.45, 7) is 2.79. The summed E-state index contributed by atoms with van der Waals surface area (Å²) in [5.74, 6) is -1.42. The third-order valence-electron chi connectivity index (χ3n) is 3.13. The van der Waals surface area contributed by atoms with Gasteiger partial charge in [0, 0.05) is 6.42 Å². The van der Waals surface area contributed by atoms with Gasteiger partial charge in [-0.05, 0) is 25.7 Å². The maximum absolute atomic E-state index is 11.0. The van der Waals surface area contributed by atoms with Crippen molar-refractivity contribution in [3.05, 3.63) is 0 Å². The van der Waals surface area contributed by atoms with Crippen LogP contribution in [-0.4, -0.2) is 50.9 Å². The highest BCUT2D eigenvalue weighted by Gasteiger charge is 2.32. The molecule has 1 rings (SSSR count). The fraction of sp³-hybridized carbons (Fsp3) is 1.00. The number of hydrogen-bond acceptors (Lipinski definition) is 4. The van der Waals surface area contributed by atoms with Crippen LogP contribution in [0.4, 0.5) is 0 Å². The Bertz CT molecular complexity index is 370. The predicted octanol–water partition coefficient (Wildman–Crippen LogP) is 0.891. The molecular formula is C10H22O8P2. The highest BCUT2D eigenvalue weighted by molar-refractivity contribution is 7.52. The zero-order chi connectivity index (χ0) is 15.4. The second-order valence-corrected chi connectivity index (χ2v) is 8.67. The van der Waals surface area contributed by atoms with Gasteiger partial charge in [-0.25, -0.2) is 0 Å².